The Bertz CT molecular complexity index is 642. The number of aryl methyl sites for hydroxylation is 1. The summed E-state index contributed by atoms with van der Waals surface area (Å²) in [4.78, 5) is 40.5. The molecule has 6 nitrogen and oxygen atoms in total. The van der Waals surface area contributed by atoms with Crippen LogP contribution < -0.4 is 5.32 Å². The number of rotatable bonds is 7. The highest BCUT2D eigenvalue weighted by molar-refractivity contribution is 5.94. The first-order chi connectivity index (χ1) is 12.4. The van der Waals surface area contributed by atoms with Crippen LogP contribution in [0.3, 0.4) is 0 Å². The zero-order chi connectivity index (χ0) is 19.1. The van der Waals surface area contributed by atoms with E-state index in [9.17, 15) is 14.4 Å². The third kappa shape index (κ3) is 5.07. The maximum atomic E-state index is 12.6. The Morgan fingerprint density at radius 2 is 1.88 bits per heavy atom. The van der Waals surface area contributed by atoms with Crippen LogP contribution in [0.15, 0.2) is 24.3 Å². The molecule has 1 heterocycles. The van der Waals surface area contributed by atoms with E-state index in [4.69, 9.17) is 0 Å². The molecule has 1 N–H and O–H groups in total. The van der Waals surface area contributed by atoms with Crippen molar-refractivity contribution >= 4 is 17.7 Å². The highest BCUT2D eigenvalue weighted by Crippen LogP contribution is 2.17. The van der Waals surface area contributed by atoms with Crippen LogP contribution in [-0.4, -0.2) is 60.2 Å². The normalized spacial score (nSPS) is 17.3. The minimum atomic E-state index is -0.367. The highest BCUT2D eigenvalue weighted by atomic mass is 16.2. The molecule has 3 amide bonds. The first-order valence-corrected chi connectivity index (χ1v) is 9.33. The van der Waals surface area contributed by atoms with E-state index in [1.54, 1.807) is 29.0 Å². The molecule has 6 heteroatoms. The fraction of sp³-hybridized carbons (Fsp3) is 0.550. The number of likely N-dealkylation sites (N-methyl/N-ethyl adjacent to an activating group) is 1. The van der Waals surface area contributed by atoms with Crippen molar-refractivity contribution in [2.24, 2.45) is 0 Å². The predicted octanol–water partition coefficient (Wildman–Crippen LogP) is 1.97. The van der Waals surface area contributed by atoms with Gasteiger partial charge in [-0.05, 0) is 25.5 Å². The first kappa shape index (κ1) is 19.9. The lowest BCUT2D eigenvalue weighted by molar-refractivity contribution is -0.150. The third-order valence-corrected chi connectivity index (χ3v) is 4.80. The molecule has 0 aliphatic carbocycles. The number of carbonyl (C=O) groups excluding carboxylic acids is 3. The van der Waals surface area contributed by atoms with Crippen molar-refractivity contribution in [3.05, 3.63) is 35.4 Å². The van der Waals surface area contributed by atoms with Crippen LogP contribution >= 0.6 is 0 Å². The van der Waals surface area contributed by atoms with Gasteiger partial charge in [0.25, 0.3) is 5.91 Å². The average molecular weight is 359 g/mol. The lowest BCUT2D eigenvalue weighted by atomic mass is 10.0. The van der Waals surface area contributed by atoms with Gasteiger partial charge in [0.1, 0.15) is 6.04 Å². The third-order valence-electron chi connectivity index (χ3n) is 4.80. The molecule has 0 bridgehead atoms. The van der Waals surface area contributed by atoms with Gasteiger partial charge in [0.15, 0.2) is 0 Å². The van der Waals surface area contributed by atoms with Crippen molar-refractivity contribution in [2.45, 2.75) is 45.6 Å². The molecule has 26 heavy (non-hydrogen) atoms. The Labute approximate surface area is 155 Å². The Kier molecular flexibility index (Phi) is 7.18. The Balaban J connectivity index is 1.88. The average Bonchev–Trinajstić information content (AvgIpc) is 2.63. The second kappa shape index (κ2) is 9.36. The van der Waals surface area contributed by atoms with Crippen LogP contribution in [0.1, 0.15) is 48.5 Å². The fourth-order valence-electron chi connectivity index (χ4n) is 3.12. The number of hydrogen-bond acceptors (Lipinski definition) is 3. The van der Waals surface area contributed by atoms with E-state index in [1.807, 2.05) is 19.1 Å². The number of carbonyl (C=O) groups is 3. The molecule has 1 aromatic rings. The fourth-order valence-corrected chi connectivity index (χ4v) is 3.12. The smallest absolute Gasteiger partial charge is 0.251 e. The van der Waals surface area contributed by atoms with E-state index in [-0.39, 0.29) is 36.7 Å². The zero-order valence-corrected chi connectivity index (χ0v) is 16.0. The van der Waals surface area contributed by atoms with Gasteiger partial charge in [0.05, 0.1) is 0 Å². The summed E-state index contributed by atoms with van der Waals surface area (Å²) in [5.41, 5.74) is 1.67. The Morgan fingerprint density at radius 1 is 1.19 bits per heavy atom. The number of benzene rings is 1. The minimum Gasteiger partial charge on any atom is -0.352 e. The van der Waals surface area contributed by atoms with E-state index in [0.717, 1.165) is 18.4 Å². The number of nitrogens with one attached hydrogen (secondary N) is 1. The number of unbranched alkanes of at least 4 members (excludes halogenated alkanes) is 1. The van der Waals surface area contributed by atoms with E-state index in [1.165, 1.54) is 0 Å². The van der Waals surface area contributed by atoms with Gasteiger partial charge >= 0.3 is 0 Å². The largest absolute Gasteiger partial charge is 0.352 e. The number of hydrogen-bond donors (Lipinski definition) is 1. The monoisotopic (exact) mass is 359 g/mol. The van der Waals surface area contributed by atoms with E-state index in [2.05, 4.69) is 12.2 Å². The maximum Gasteiger partial charge on any atom is 0.251 e. The summed E-state index contributed by atoms with van der Waals surface area (Å²) in [5.74, 6) is -0.242. The lowest BCUT2D eigenvalue weighted by Gasteiger charge is -2.39. The summed E-state index contributed by atoms with van der Waals surface area (Å²) in [6.45, 7) is 5.42. The van der Waals surface area contributed by atoms with Crippen LogP contribution in [-0.2, 0) is 9.59 Å². The van der Waals surface area contributed by atoms with Gasteiger partial charge in [-0.15, -0.1) is 0 Å². The molecule has 0 radical (unpaired) electrons. The number of amides is 3. The summed E-state index contributed by atoms with van der Waals surface area (Å²) >= 11 is 0. The molecule has 0 spiro atoms. The predicted molar refractivity (Wildman–Crippen MR) is 101 cm³/mol. The molecule has 0 unspecified atom stereocenters. The molecule has 1 saturated heterocycles. The van der Waals surface area contributed by atoms with Crippen molar-refractivity contribution in [1.82, 2.24) is 15.1 Å². The first-order valence-electron chi connectivity index (χ1n) is 9.33. The van der Waals surface area contributed by atoms with Crippen LogP contribution in [0.5, 0.6) is 0 Å². The van der Waals surface area contributed by atoms with Gasteiger partial charge in [0, 0.05) is 38.7 Å². The molecule has 1 aliphatic heterocycles. The van der Waals surface area contributed by atoms with Gasteiger partial charge in [0.2, 0.25) is 11.8 Å². The zero-order valence-electron chi connectivity index (χ0n) is 16.0. The molecule has 1 aliphatic rings. The molecule has 0 aromatic heterocycles. The van der Waals surface area contributed by atoms with Gasteiger partial charge < -0.3 is 15.1 Å². The van der Waals surface area contributed by atoms with Gasteiger partial charge in [-0.2, -0.15) is 0 Å². The maximum absolute atomic E-state index is 12.6. The van der Waals surface area contributed by atoms with Crippen molar-refractivity contribution < 1.29 is 14.4 Å². The highest BCUT2D eigenvalue weighted by Gasteiger charge is 2.34. The van der Waals surface area contributed by atoms with Gasteiger partial charge in [-0.3, -0.25) is 14.4 Å². The molecular formula is C20H29N3O3. The van der Waals surface area contributed by atoms with Crippen molar-refractivity contribution in [1.29, 1.82) is 0 Å². The van der Waals surface area contributed by atoms with Crippen LogP contribution in [0.2, 0.25) is 0 Å². The summed E-state index contributed by atoms with van der Waals surface area (Å²) < 4.78 is 0. The molecule has 142 valence electrons. The molecule has 0 saturated carbocycles. The summed E-state index contributed by atoms with van der Waals surface area (Å²) in [6, 6.07) is 6.94. The quantitative estimate of drug-likeness (QED) is 0.809. The van der Waals surface area contributed by atoms with Gasteiger partial charge in [-0.1, -0.05) is 37.5 Å². The van der Waals surface area contributed by atoms with E-state index >= 15 is 0 Å². The standard InChI is InChI=1S/C20H29N3O3/c1-4-5-6-17-20(26)22(3)13-14-23(17)18(24)11-12-21-19(25)16-9-7-15(2)8-10-16/h7-10,17H,4-6,11-14H2,1-3H3,(H,21,25)/t17-/m1/s1. The Hall–Kier alpha value is -2.37. The number of nitrogens with zero attached hydrogens (tertiary/aromatic N) is 2. The molecular weight excluding hydrogens is 330 g/mol. The summed E-state index contributed by atoms with van der Waals surface area (Å²) in [5, 5.41) is 2.78. The van der Waals surface area contributed by atoms with Crippen molar-refractivity contribution in [3.63, 3.8) is 0 Å². The van der Waals surface area contributed by atoms with E-state index in [0.29, 0.717) is 25.1 Å². The minimum absolute atomic E-state index is 0.0155. The van der Waals surface area contributed by atoms with Crippen molar-refractivity contribution in [2.75, 3.05) is 26.7 Å². The van der Waals surface area contributed by atoms with E-state index < -0.39 is 0 Å². The van der Waals surface area contributed by atoms with Gasteiger partial charge in [-0.25, -0.2) is 0 Å². The molecule has 1 atom stereocenters. The molecule has 2 rings (SSSR count). The van der Waals surface area contributed by atoms with Crippen LogP contribution in [0.4, 0.5) is 0 Å². The number of piperazine rings is 1. The summed E-state index contributed by atoms with van der Waals surface area (Å²) in [6.07, 6.45) is 2.80. The van der Waals surface area contributed by atoms with Crippen LogP contribution in [0.25, 0.3) is 0 Å². The topological polar surface area (TPSA) is 69.7 Å². The lowest BCUT2D eigenvalue weighted by Crippen LogP contribution is -2.57. The second-order valence-electron chi connectivity index (χ2n) is 6.88. The molecule has 1 aromatic carbocycles. The molecule has 1 fully saturated rings. The SMILES string of the molecule is CCCC[C@@H]1C(=O)N(C)CCN1C(=O)CCNC(=O)c1ccc(C)cc1. The van der Waals surface area contributed by atoms with Crippen LogP contribution in [0, 0.1) is 6.92 Å². The second-order valence-corrected chi connectivity index (χ2v) is 6.88. The Morgan fingerprint density at radius 3 is 2.54 bits per heavy atom. The van der Waals surface area contributed by atoms with Crippen molar-refractivity contribution in [3.8, 4) is 0 Å². The summed E-state index contributed by atoms with van der Waals surface area (Å²) in [7, 11) is 1.78.